The van der Waals surface area contributed by atoms with Gasteiger partial charge in [0.15, 0.2) is 0 Å². The second-order valence-electron chi connectivity index (χ2n) is 3.63. The van der Waals surface area contributed by atoms with E-state index in [-0.39, 0.29) is 0 Å². The first-order chi connectivity index (χ1) is 5.36. The summed E-state index contributed by atoms with van der Waals surface area (Å²) in [4.78, 5) is 0. The molecule has 1 nitrogen and oxygen atoms in total. The summed E-state index contributed by atoms with van der Waals surface area (Å²) in [5.41, 5.74) is 4.42. The molecule has 2 aliphatic rings. The first-order valence-electron chi connectivity index (χ1n) is 4.22. The van der Waals surface area contributed by atoms with Gasteiger partial charge in [-0.2, -0.15) is 0 Å². The van der Waals surface area contributed by atoms with Crippen molar-refractivity contribution in [3.8, 4) is 0 Å². The normalized spacial score (nSPS) is 30.6. The summed E-state index contributed by atoms with van der Waals surface area (Å²) in [7, 11) is 0. The average molecular weight is 145 g/mol. The highest BCUT2D eigenvalue weighted by molar-refractivity contribution is 5.65. The van der Waals surface area contributed by atoms with E-state index in [1.807, 2.05) is 0 Å². The molecule has 1 aliphatic carbocycles. The maximum absolute atomic E-state index is 3.51. The third-order valence-electron chi connectivity index (χ3n) is 2.83. The van der Waals surface area contributed by atoms with Crippen LogP contribution in [-0.2, 0) is 0 Å². The van der Waals surface area contributed by atoms with E-state index in [0.29, 0.717) is 0 Å². The summed E-state index contributed by atoms with van der Waals surface area (Å²) in [6.07, 6.45) is 1.36. The van der Waals surface area contributed by atoms with Crippen molar-refractivity contribution in [2.24, 2.45) is 0 Å². The SMILES string of the molecule is Cc1cccc2c1C1CC1N2. The van der Waals surface area contributed by atoms with Gasteiger partial charge < -0.3 is 5.32 Å². The predicted octanol–water partition coefficient (Wildman–Crippen LogP) is 2.28. The minimum atomic E-state index is 0.783. The third kappa shape index (κ3) is 0.609. The molecule has 3 rings (SSSR count). The van der Waals surface area contributed by atoms with Crippen molar-refractivity contribution in [2.75, 3.05) is 5.32 Å². The summed E-state index contributed by atoms with van der Waals surface area (Å²) in [5, 5.41) is 3.51. The summed E-state index contributed by atoms with van der Waals surface area (Å²) in [6.45, 7) is 2.21. The molecule has 1 fully saturated rings. The van der Waals surface area contributed by atoms with Gasteiger partial charge in [-0.1, -0.05) is 12.1 Å². The van der Waals surface area contributed by atoms with Gasteiger partial charge in [0.1, 0.15) is 0 Å². The van der Waals surface area contributed by atoms with Gasteiger partial charge in [-0.25, -0.2) is 0 Å². The van der Waals surface area contributed by atoms with Crippen LogP contribution in [-0.4, -0.2) is 6.04 Å². The number of rotatable bonds is 0. The summed E-state index contributed by atoms with van der Waals surface area (Å²) in [6, 6.07) is 7.31. The minimum absolute atomic E-state index is 0.783. The molecule has 0 spiro atoms. The fourth-order valence-corrected chi connectivity index (χ4v) is 2.17. The van der Waals surface area contributed by atoms with Gasteiger partial charge in [0.2, 0.25) is 0 Å². The molecule has 2 unspecified atom stereocenters. The van der Waals surface area contributed by atoms with Gasteiger partial charge in [0.25, 0.3) is 0 Å². The van der Waals surface area contributed by atoms with Crippen molar-refractivity contribution in [1.29, 1.82) is 0 Å². The zero-order valence-electron chi connectivity index (χ0n) is 6.59. The first-order valence-corrected chi connectivity index (χ1v) is 4.22. The van der Waals surface area contributed by atoms with Crippen molar-refractivity contribution < 1.29 is 0 Å². The van der Waals surface area contributed by atoms with Crippen LogP contribution in [0.5, 0.6) is 0 Å². The molecule has 1 aliphatic heterocycles. The van der Waals surface area contributed by atoms with Crippen LogP contribution in [0.3, 0.4) is 0 Å². The van der Waals surface area contributed by atoms with Gasteiger partial charge >= 0.3 is 0 Å². The molecule has 1 saturated carbocycles. The Morgan fingerprint density at radius 3 is 3.18 bits per heavy atom. The van der Waals surface area contributed by atoms with E-state index in [0.717, 1.165) is 12.0 Å². The second-order valence-corrected chi connectivity index (χ2v) is 3.63. The number of benzene rings is 1. The topological polar surface area (TPSA) is 12.0 Å². The molecule has 0 saturated heterocycles. The Hall–Kier alpha value is -0.980. The van der Waals surface area contributed by atoms with Crippen LogP contribution in [0, 0.1) is 6.92 Å². The van der Waals surface area contributed by atoms with Crippen LogP contribution < -0.4 is 5.32 Å². The lowest BCUT2D eigenvalue weighted by Gasteiger charge is -2.05. The van der Waals surface area contributed by atoms with E-state index in [4.69, 9.17) is 0 Å². The zero-order valence-corrected chi connectivity index (χ0v) is 6.59. The number of hydrogen-bond acceptors (Lipinski definition) is 1. The highest BCUT2D eigenvalue weighted by Crippen LogP contribution is 2.52. The van der Waals surface area contributed by atoms with Crippen molar-refractivity contribution in [2.45, 2.75) is 25.3 Å². The fraction of sp³-hybridized carbons (Fsp3) is 0.400. The quantitative estimate of drug-likeness (QED) is 0.590. The van der Waals surface area contributed by atoms with E-state index in [1.165, 1.54) is 17.7 Å². The van der Waals surface area contributed by atoms with Crippen molar-refractivity contribution in [3.63, 3.8) is 0 Å². The van der Waals surface area contributed by atoms with Gasteiger partial charge in [-0.3, -0.25) is 0 Å². The summed E-state index contributed by atoms with van der Waals surface area (Å²) < 4.78 is 0. The highest BCUT2D eigenvalue weighted by Gasteiger charge is 2.45. The lowest BCUT2D eigenvalue weighted by Crippen LogP contribution is -1.95. The van der Waals surface area contributed by atoms with Gasteiger partial charge in [0, 0.05) is 17.6 Å². The number of anilines is 1. The molecule has 1 aromatic carbocycles. The molecule has 1 aromatic rings. The Kier molecular flexibility index (Phi) is 0.823. The maximum atomic E-state index is 3.51. The number of hydrogen-bond donors (Lipinski definition) is 1. The Morgan fingerprint density at radius 1 is 1.45 bits per heavy atom. The molecule has 2 atom stereocenters. The molecule has 1 heterocycles. The second kappa shape index (κ2) is 1.60. The van der Waals surface area contributed by atoms with Crippen molar-refractivity contribution in [1.82, 2.24) is 0 Å². The minimum Gasteiger partial charge on any atom is -0.381 e. The lowest BCUT2D eigenvalue weighted by molar-refractivity contribution is 1.12. The molecule has 0 aromatic heterocycles. The average Bonchev–Trinajstić information content (AvgIpc) is 2.62. The van der Waals surface area contributed by atoms with E-state index in [1.54, 1.807) is 5.56 Å². The standard InChI is InChI=1S/C10H11N/c1-6-3-2-4-8-10(6)7-5-9(7)11-8/h2-4,7,9,11H,5H2,1H3. The Bertz CT molecular complexity index is 317. The van der Waals surface area contributed by atoms with Crippen LogP contribution in [0.2, 0.25) is 0 Å². The third-order valence-corrected chi connectivity index (χ3v) is 2.83. The summed E-state index contributed by atoms with van der Waals surface area (Å²) >= 11 is 0. The largest absolute Gasteiger partial charge is 0.381 e. The Balaban J connectivity index is 2.25. The van der Waals surface area contributed by atoms with Crippen LogP contribution in [0.25, 0.3) is 0 Å². The van der Waals surface area contributed by atoms with Gasteiger partial charge in [-0.15, -0.1) is 0 Å². The fourth-order valence-electron chi connectivity index (χ4n) is 2.17. The number of fused-ring (bicyclic) bond motifs is 3. The molecular formula is C10H11N. The van der Waals surface area contributed by atoms with Gasteiger partial charge in [0.05, 0.1) is 0 Å². The van der Waals surface area contributed by atoms with Crippen molar-refractivity contribution >= 4 is 5.69 Å². The lowest BCUT2D eigenvalue weighted by atomic mass is 10.0. The van der Waals surface area contributed by atoms with Crippen LogP contribution in [0.4, 0.5) is 5.69 Å². The Morgan fingerprint density at radius 2 is 2.36 bits per heavy atom. The van der Waals surface area contributed by atoms with Gasteiger partial charge in [-0.05, 0) is 30.5 Å². The smallest absolute Gasteiger partial charge is 0.0381 e. The molecule has 1 N–H and O–H groups in total. The summed E-state index contributed by atoms with van der Waals surface area (Å²) in [5.74, 6) is 0.853. The first kappa shape index (κ1) is 5.64. The van der Waals surface area contributed by atoms with E-state index in [2.05, 4.69) is 30.4 Å². The van der Waals surface area contributed by atoms with Crippen LogP contribution in [0.1, 0.15) is 23.5 Å². The maximum Gasteiger partial charge on any atom is 0.0381 e. The molecule has 1 heteroatoms. The predicted molar refractivity (Wildman–Crippen MR) is 45.9 cm³/mol. The Labute approximate surface area is 66.4 Å². The number of nitrogens with one attached hydrogen (secondary N) is 1. The molecule has 0 amide bonds. The van der Waals surface area contributed by atoms with E-state index >= 15 is 0 Å². The van der Waals surface area contributed by atoms with Crippen LogP contribution >= 0.6 is 0 Å². The van der Waals surface area contributed by atoms with Crippen LogP contribution in [0.15, 0.2) is 18.2 Å². The van der Waals surface area contributed by atoms with E-state index < -0.39 is 0 Å². The molecule has 0 bridgehead atoms. The number of aryl methyl sites for hydroxylation is 1. The molecule has 0 radical (unpaired) electrons. The highest BCUT2D eigenvalue weighted by atomic mass is 15.0. The zero-order chi connectivity index (χ0) is 7.42. The monoisotopic (exact) mass is 145 g/mol. The van der Waals surface area contributed by atoms with E-state index in [9.17, 15) is 0 Å². The molecule has 11 heavy (non-hydrogen) atoms. The van der Waals surface area contributed by atoms with Crippen molar-refractivity contribution in [3.05, 3.63) is 29.3 Å². The molecular weight excluding hydrogens is 134 g/mol. The molecule has 56 valence electrons.